The predicted molar refractivity (Wildman–Crippen MR) is 63.9 cm³/mol. The van der Waals surface area contributed by atoms with E-state index in [0.717, 1.165) is 29.9 Å². The van der Waals surface area contributed by atoms with E-state index in [1.165, 1.54) is 0 Å². The molecular weight excluding hydrogens is 202 g/mol. The van der Waals surface area contributed by atoms with Gasteiger partial charge >= 0.3 is 0 Å². The Labute approximate surface area is 96.5 Å². The minimum atomic E-state index is -0.154. The summed E-state index contributed by atoms with van der Waals surface area (Å²) in [7, 11) is 1.66. The van der Waals surface area contributed by atoms with E-state index in [9.17, 15) is 0 Å². The normalized spacial score (nSPS) is 28.1. The van der Waals surface area contributed by atoms with Gasteiger partial charge in [0.15, 0.2) is 0 Å². The second-order valence-electron chi connectivity index (χ2n) is 4.62. The van der Waals surface area contributed by atoms with E-state index in [-0.39, 0.29) is 11.6 Å². The molecule has 0 radical (unpaired) electrons. The molecule has 16 heavy (non-hydrogen) atoms. The molecule has 1 heterocycles. The average Bonchev–Trinajstić information content (AvgIpc) is 2.28. The fourth-order valence-electron chi connectivity index (χ4n) is 2.14. The lowest BCUT2D eigenvalue weighted by atomic mass is 9.87. The topological polar surface area (TPSA) is 44.5 Å². The molecule has 1 aliphatic rings. The van der Waals surface area contributed by atoms with Crippen molar-refractivity contribution in [1.82, 2.24) is 0 Å². The predicted octanol–water partition coefficient (Wildman–Crippen LogP) is 2.65. The largest absolute Gasteiger partial charge is 0.497 e. The number of hydrogen-bond donors (Lipinski definition) is 1. The van der Waals surface area contributed by atoms with Crippen molar-refractivity contribution in [3.05, 3.63) is 23.8 Å². The van der Waals surface area contributed by atoms with Crippen molar-refractivity contribution >= 4 is 0 Å². The molecule has 0 amide bonds. The Morgan fingerprint density at radius 3 is 2.94 bits per heavy atom. The number of nitrogens with two attached hydrogens (primary N) is 1. The Morgan fingerprint density at radius 2 is 2.31 bits per heavy atom. The molecule has 0 aliphatic carbocycles. The number of ether oxygens (including phenoxy) is 2. The van der Waals surface area contributed by atoms with Gasteiger partial charge in [-0.1, -0.05) is 13.0 Å². The molecular formula is C13H19NO2. The summed E-state index contributed by atoms with van der Waals surface area (Å²) in [6, 6.07) is 5.90. The highest BCUT2D eigenvalue weighted by molar-refractivity contribution is 5.44. The van der Waals surface area contributed by atoms with Crippen LogP contribution in [0.1, 0.15) is 38.3 Å². The van der Waals surface area contributed by atoms with Crippen molar-refractivity contribution in [3.8, 4) is 11.5 Å². The molecule has 0 saturated carbocycles. The Kier molecular flexibility index (Phi) is 2.80. The molecule has 1 aromatic rings. The molecule has 0 spiro atoms. The molecule has 2 unspecified atom stereocenters. The third-order valence-corrected chi connectivity index (χ3v) is 3.38. The lowest BCUT2D eigenvalue weighted by Crippen LogP contribution is -2.39. The summed E-state index contributed by atoms with van der Waals surface area (Å²) in [5, 5.41) is 0. The van der Waals surface area contributed by atoms with Crippen LogP contribution in [0.4, 0.5) is 0 Å². The average molecular weight is 221 g/mol. The van der Waals surface area contributed by atoms with Crippen LogP contribution in [0.3, 0.4) is 0 Å². The third kappa shape index (κ3) is 1.87. The third-order valence-electron chi connectivity index (χ3n) is 3.38. The van der Waals surface area contributed by atoms with Crippen molar-refractivity contribution in [1.29, 1.82) is 0 Å². The second-order valence-corrected chi connectivity index (χ2v) is 4.62. The first-order valence-corrected chi connectivity index (χ1v) is 5.70. The molecule has 0 bridgehead atoms. The molecule has 3 heteroatoms. The maximum Gasteiger partial charge on any atom is 0.128 e. The zero-order valence-corrected chi connectivity index (χ0v) is 10.1. The van der Waals surface area contributed by atoms with Gasteiger partial charge in [-0.25, -0.2) is 0 Å². The first-order chi connectivity index (χ1) is 7.58. The van der Waals surface area contributed by atoms with Crippen LogP contribution in [0.5, 0.6) is 11.5 Å². The Hall–Kier alpha value is -1.22. The lowest BCUT2D eigenvalue weighted by molar-refractivity contribution is 0.0500. The highest BCUT2D eigenvalue weighted by Crippen LogP contribution is 2.41. The standard InChI is InChI=1S/C13H19NO2/c1-4-13(2)8-11(14)10-6-5-9(15-3)7-12(10)16-13/h5-7,11H,4,8,14H2,1-3H3. The molecule has 2 rings (SSSR count). The van der Waals surface area contributed by atoms with Crippen LogP contribution in [0, 0.1) is 0 Å². The van der Waals surface area contributed by atoms with Gasteiger partial charge in [-0.3, -0.25) is 0 Å². The van der Waals surface area contributed by atoms with Gasteiger partial charge in [0.2, 0.25) is 0 Å². The van der Waals surface area contributed by atoms with Crippen molar-refractivity contribution in [3.63, 3.8) is 0 Å². The van der Waals surface area contributed by atoms with Gasteiger partial charge in [-0.15, -0.1) is 0 Å². The van der Waals surface area contributed by atoms with Crippen molar-refractivity contribution < 1.29 is 9.47 Å². The number of methoxy groups -OCH3 is 1. The maximum atomic E-state index is 6.17. The number of hydrogen-bond acceptors (Lipinski definition) is 3. The minimum Gasteiger partial charge on any atom is -0.497 e. The number of rotatable bonds is 2. The van der Waals surface area contributed by atoms with Gasteiger partial charge in [0.1, 0.15) is 17.1 Å². The monoisotopic (exact) mass is 221 g/mol. The Bertz CT molecular complexity index is 392. The highest BCUT2D eigenvalue weighted by Gasteiger charge is 2.34. The van der Waals surface area contributed by atoms with Gasteiger partial charge in [-0.2, -0.15) is 0 Å². The van der Waals surface area contributed by atoms with Crippen LogP contribution in [0.25, 0.3) is 0 Å². The molecule has 0 saturated heterocycles. The van der Waals surface area contributed by atoms with Crippen LogP contribution in [0.15, 0.2) is 18.2 Å². The van der Waals surface area contributed by atoms with E-state index >= 15 is 0 Å². The first kappa shape index (κ1) is 11.3. The first-order valence-electron chi connectivity index (χ1n) is 5.70. The highest BCUT2D eigenvalue weighted by atomic mass is 16.5. The zero-order chi connectivity index (χ0) is 11.8. The fraction of sp³-hybridized carbons (Fsp3) is 0.538. The molecule has 88 valence electrons. The van der Waals surface area contributed by atoms with E-state index in [1.807, 2.05) is 18.2 Å². The Morgan fingerprint density at radius 1 is 1.56 bits per heavy atom. The second kappa shape index (κ2) is 3.98. The fourth-order valence-corrected chi connectivity index (χ4v) is 2.14. The molecule has 0 aromatic heterocycles. The Balaban J connectivity index is 2.39. The maximum absolute atomic E-state index is 6.17. The zero-order valence-electron chi connectivity index (χ0n) is 10.1. The van der Waals surface area contributed by atoms with Crippen LogP contribution in [-0.4, -0.2) is 12.7 Å². The molecule has 3 nitrogen and oxygen atoms in total. The van der Waals surface area contributed by atoms with Gasteiger partial charge < -0.3 is 15.2 Å². The summed E-state index contributed by atoms with van der Waals surface area (Å²) in [4.78, 5) is 0. The minimum absolute atomic E-state index is 0.0552. The molecule has 0 fully saturated rings. The quantitative estimate of drug-likeness (QED) is 0.835. The van der Waals surface area contributed by atoms with Crippen molar-refractivity contribution in [2.75, 3.05) is 7.11 Å². The molecule has 2 N–H and O–H groups in total. The van der Waals surface area contributed by atoms with Crippen molar-refractivity contribution in [2.45, 2.75) is 38.3 Å². The summed E-state index contributed by atoms with van der Waals surface area (Å²) < 4.78 is 11.2. The summed E-state index contributed by atoms with van der Waals surface area (Å²) in [5.74, 6) is 1.67. The lowest BCUT2D eigenvalue weighted by Gasteiger charge is -2.38. The molecule has 1 aromatic carbocycles. The molecule has 1 aliphatic heterocycles. The van der Waals surface area contributed by atoms with Crippen LogP contribution >= 0.6 is 0 Å². The van der Waals surface area contributed by atoms with E-state index in [0.29, 0.717) is 0 Å². The summed E-state index contributed by atoms with van der Waals surface area (Å²) >= 11 is 0. The van der Waals surface area contributed by atoms with E-state index in [4.69, 9.17) is 15.2 Å². The van der Waals surface area contributed by atoms with Gasteiger partial charge in [0, 0.05) is 24.1 Å². The van der Waals surface area contributed by atoms with Crippen LogP contribution < -0.4 is 15.2 Å². The summed E-state index contributed by atoms with van der Waals surface area (Å²) in [6.45, 7) is 4.23. The number of fused-ring (bicyclic) bond motifs is 1. The van der Waals surface area contributed by atoms with Crippen LogP contribution in [-0.2, 0) is 0 Å². The van der Waals surface area contributed by atoms with E-state index < -0.39 is 0 Å². The van der Waals surface area contributed by atoms with Crippen molar-refractivity contribution in [2.24, 2.45) is 5.73 Å². The summed E-state index contributed by atoms with van der Waals surface area (Å²) in [6.07, 6.45) is 1.82. The SMILES string of the molecule is CCC1(C)CC(N)c2ccc(OC)cc2O1. The molecule has 2 atom stereocenters. The smallest absolute Gasteiger partial charge is 0.128 e. The van der Waals surface area contributed by atoms with Gasteiger partial charge in [0.05, 0.1) is 7.11 Å². The number of benzene rings is 1. The van der Waals surface area contributed by atoms with Crippen LogP contribution in [0.2, 0.25) is 0 Å². The van der Waals surface area contributed by atoms with E-state index in [1.54, 1.807) is 7.11 Å². The summed E-state index contributed by atoms with van der Waals surface area (Å²) in [5.41, 5.74) is 7.09. The van der Waals surface area contributed by atoms with Gasteiger partial charge in [-0.05, 0) is 19.4 Å². The van der Waals surface area contributed by atoms with E-state index in [2.05, 4.69) is 13.8 Å². The van der Waals surface area contributed by atoms with Gasteiger partial charge in [0.25, 0.3) is 0 Å².